The Hall–Kier alpha value is -1.13. The SMILES string of the molecule is O=C(NCCCN1CCCCC1)c1ccc(Cl)cc1F. The Morgan fingerprint density at radius 2 is 2.05 bits per heavy atom. The van der Waals surface area contributed by atoms with Crippen LogP contribution in [0.1, 0.15) is 36.0 Å². The lowest BCUT2D eigenvalue weighted by molar-refractivity contribution is 0.0947. The first-order chi connectivity index (χ1) is 9.66. The molecule has 1 N–H and O–H groups in total. The fourth-order valence-corrected chi connectivity index (χ4v) is 2.62. The third kappa shape index (κ3) is 4.46. The lowest BCUT2D eigenvalue weighted by Crippen LogP contribution is -2.33. The summed E-state index contributed by atoms with van der Waals surface area (Å²) in [6.07, 6.45) is 4.74. The molecule has 0 saturated carbocycles. The molecule has 2 rings (SSSR count). The van der Waals surface area contributed by atoms with Crippen molar-refractivity contribution in [1.29, 1.82) is 0 Å². The predicted octanol–water partition coefficient (Wildman–Crippen LogP) is 3.08. The van der Waals surface area contributed by atoms with Crippen LogP contribution in [0.15, 0.2) is 18.2 Å². The van der Waals surface area contributed by atoms with Gasteiger partial charge in [-0.3, -0.25) is 4.79 Å². The molecule has 1 heterocycles. The fourth-order valence-electron chi connectivity index (χ4n) is 2.46. The number of rotatable bonds is 5. The van der Waals surface area contributed by atoms with Crippen molar-refractivity contribution in [3.05, 3.63) is 34.6 Å². The van der Waals surface area contributed by atoms with Gasteiger partial charge in [-0.15, -0.1) is 0 Å². The van der Waals surface area contributed by atoms with Crippen LogP contribution in [0.5, 0.6) is 0 Å². The van der Waals surface area contributed by atoms with Crippen LogP contribution in [0, 0.1) is 5.82 Å². The molecule has 0 aromatic heterocycles. The summed E-state index contributed by atoms with van der Waals surface area (Å²) in [5, 5.41) is 3.05. The van der Waals surface area contributed by atoms with E-state index in [0.717, 1.165) is 32.1 Å². The summed E-state index contributed by atoms with van der Waals surface area (Å²) in [6, 6.07) is 4.09. The Morgan fingerprint density at radius 1 is 1.30 bits per heavy atom. The van der Waals surface area contributed by atoms with Gasteiger partial charge in [0, 0.05) is 11.6 Å². The van der Waals surface area contributed by atoms with E-state index in [4.69, 9.17) is 11.6 Å². The molecule has 1 aromatic rings. The second-order valence-corrected chi connectivity index (χ2v) is 5.57. The highest BCUT2D eigenvalue weighted by Gasteiger charge is 2.12. The number of nitrogens with one attached hydrogen (secondary N) is 1. The van der Waals surface area contributed by atoms with Crippen molar-refractivity contribution in [2.24, 2.45) is 0 Å². The van der Waals surface area contributed by atoms with Gasteiger partial charge in [-0.1, -0.05) is 18.0 Å². The fraction of sp³-hybridized carbons (Fsp3) is 0.533. The Kier molecular flexibility index (Phi) is 5.80. The number of amides is 1. The zero-order valence-corrected chi connectivity index (χ0v) is 12.3. The van der Waals surface area contributed by atoms with Gasteiger partial charge >= 0.3 is 0 Å². The molecule has 110 valence electrons. The largest absolute Gasteiger partial charge is 0.352 e. The van der Waals surface area contributed by atoms with Crippen LogP contribution < -0.4 is 5.32 Å². The quantitative estimate of drug-likeness (QED) is 0.847. The molecule has 0 radical (unpaired) electrons. The molecule has 0 atom stereocenters. The maximum Gasteiger partial charge on any atom is 0.254 e. The second-order valence-electron chi connectivity index (χ2n) is 5.14. The summed E-state index contributed by atoms with van der Waals surface area (Å²) in [4.78, 5) is 14.2. The molecule has 1 fully saturated rings. The summed E-state index contributed by atoms with van der Waals surface area (Å²) >= 11 is 5.66. The van der Waals surface area contributed by atoms with Gasteiger partial charge < -0.3 is 10.2 Å². The molecule has 5 heteroatoms. The van der Waals surface area contributed by atoms with E-state index < -0.39 is 5.82 Å². The summed E-state index contributed by atoms with van der Waals surface area (Å²) in [5.41, 5.74) is 0.0485. The van der Waals surface area contributed by atoms with E-state index in [0.29, 0.717) is 11.6 Å². The molecular formula is C15H20ClFN2O. The molecule has 0 unspecified atom stereocenters. The van der Waals surface area contributed by atoms with Crippen molar-refractivity contribution < 1.29 is 9.18 Å². The Labute approximate surface area is 124 Å². The highest BCUT2D eigenvalue weighted by molar-refractivity contribution is 6.30. The Bertz CT molecular complexity index is 461. The first-order valence-electron chi connectivity index (χ1n) is 7.12. The van der Waals surface area contributed by atoms with E-state index >= 15 is 0 Å². The maximum absolute atomic E-state index is 13.5. The topological polar surface area (TPSA) is 32.3 Å². The van der Waals surface area contributed by atoms with Crippen LogP contribution in [-0.2, 0) is 0 Å². The molecule has 1 aromatic carbocycles. The molecule has 1 saturated heterocycles. The first kappa shape index (κ1) is 15.3. The minimum Gasteiger partial charge on any atom is -0.352 e. The number of carbonyl (C=O) groups excluding carboxylic acids is 1. The summed E-state index contributed by atoms with van der Waals surface area (Å²) in [6.45, 7) is 3.86. The van der Waals surface area contributed by atoms with Crippen LogP contribution in [0.4, 0.5) is 4.39 Å². The summed E-state index contributed by atoms with van der Waals surface area (Å²) in [7, 11) is 0. The van der Waals surface area contributed by atoms with Gasteiger partial charge in [-0.05, 0) is 57.1 Å². The maximum atomic E-state index is 13.5. The molecule has 1 aliphatic heterocycles. The van der Waals surface area contributed by atoms with Gasteiger partial charge in [0.15, 0.2) is 0 Å². The van der Waals surface area contributed by atoms with E-state index in [2.05, 4.69) is 10.2 Å². The van der Waals surface area contributed by atoms with Crippen molar-refractivity contribution in [3.8, 4) is 0 Å². The van der Waals surface area contributed by atoms with Crippen LogP contribution in [-0.4, -0.2) is 37.0 Å². The van der Waals surface area contributed by atoms with Crippen LogP contribution >= 0.6 is 11.6 Å². The van der Waals surface area contributed by atoms with Gasteiger partial charge in [0.1, 0.15) is 5.82 Å². The smallest absolute Gasteiger partial charge is 0.254 e. The van der Waals surface area contributed by atoms with Crippen molar-refractivity contribution in [2.45, 2.75) is 25.7 Å². The third-order valence-corrected chi connectivity index (χ3v) is 3.80. The monoisotopic (exact) mass is 298 g/mol. The van der Waals surface area contributed by atoms with Gasteiger partial charge in [0.05, 0.1) is 5.56 Å². The molecule has 0 bridgehead atoms. The summed E-state index contributed by atoms with van der Waals surface area (Å²) in [5.74, 6) is -0.955. The highest BCUT2D eigenvalue weighted by Crippen LogP contribution is 2.14. The number of hydrogen-bond acceptors (Lipinski definition) is 2. The van der Waals surface area contributed by atoms with Crippen molar-refractivity contribution in [2.75, 3.05) is 26.2 Å². The molecule has 0 aliphatic carbocycles. The minimum atomic E-state index is -0.578. The molecule has 0 spiro atoms. The molecule has 20 heavy (non-hydrogen) atoms. The zero-order chi connectivity index (χ0) is 14.4. The second kappa shape index (κ2) is 7.60. The third-order valence-electron chi connectivity index (χ3n) is 3.56. The number of nitrogens with zero attached hydrogens (tertiary/aromatic N) is 1. The van der Waals surface area contributed by atoms with Gasteiger partial charge in [-0.25, -0.2) is 4.39 Å². The minimum absolute atomic E-state index is 0.0485. The van der Waals surface area contributed by atoms with E-state index in [1.165, 1.54) is 31.4 Å². The average molecular weight is 299 g/mol. The normalized spacial score (nSPS) is 16.1. The van der Waals surface area contributed by atoms with Crippen molar-refractivity contribution >= 4 is 17.5 Å². The van der Waals surface area contributed by atoms with E-state index in [1.54, 1.807) is 0 Å². The number of halogens is 2. The summed E-state index contributed by atoms with van der Waals surface area (Å²) < 4.78 is 13.5. The van der Waals surface area contributed by atoms with Crippen LogP contribution in [0.25, 0.3) is 0 Å². The lowest BCUT2D eigenvalue weighted by Gasteiger charge is -2.26. The molecule has 3 nitrogen and oxygen atoms in total. The number of piperidine rings is 1. The molecular weight excluding hydrogens is 279 g/mol. The average Bonchev–Trinajstić information content (AvgIpc) is 2.44. The predicted molar refractivity (Wildman–Crippen MR) is 78.7 cm³/mol. The van der Waals surface area contributed by atoms with E-state index in [1.807, 2.05) is 0 Å². The van der Waals surface area contributed by atoms with E-state index in [9.17, 15) is 9.18 Å². The molecule has 1 aliphatic rings. The number of carbonyl (C=O) groups is 1. The van der Waals surface area contributed by atoms with Crippen molar-refractivity contribution in [1.82, 2.24) is 10.2 Å². The van der Waals surface area contributed by atoms with Gasteiger partial charge in [0.2, 0.25) is 0 Å². The van der Waals surface area contributed by atoms with Crippen molar-refractivity contribution in [3.63, 3.8) is 0 Å². The highest BCUT2D eigenvalue weighted by atomic mass is 35.5. The Morgan fingerprint density at radius 3 is 2.75 bits per heavy atom. The van der Waals surface area contributed by atoms with E-state index in [-0.39, 0.29) is 11.5 Å². The Balaban J connectivity index is 1.72. The zero-order valence-electron chi connectivity index (χ0n) is 11.5. The van der Waals surface area contributed by atoms with Crippen LogP contribution in [0.3, 0.4) is 0 Å². The lowest BCUT2D eigenvalue weighted by atomic mass is 10.1. The number of likely N-dealkylation sites (tertiary alicyclic amines) is 1. The number of benzene rings is 1. The first-order valence-corrected chi connectivity index (χ1v) is 7.50. The standard InChI is InChI=1S/C15H20ClFN2O/c16-12-5-6-13(14(17)11-12)15(20)18-7-4-10-19-8-2-1-3-9-19/h5-6,11H,1-4,7-10H2,(H,18,20). The van der Waals surface area contributed by atoms with Gasteiger partial charge in [0.25, 0.3) is 5.91 Å². The van der Waals surface area contributed by atoms with Gasteiger partial charge in [-0.2, -0.15) is 0 Å². The number of hydrogen-bond donors (Lipinski definition) is 1. The van der Waals surface area contributed by atoms with Crippen LogP contribution in [0.2, 0.25) is 5.02 Å². The molecule has 1 amide bonds.